The summed E-state index contributed by atoms with van der Waals surface area (Å²) in [4.78, 5) is 15.2. The predicted molar refractivity (Wildman–Crippen MR) is 47.7 cm³/mol. The number of aromatic carboxylic acids is 1. The zero-order chi connectivity index (χ0) is 9.68. The molecular formula is C9H9NO3. The van der Waals surface area contributed by atoms with E-state index < -0.39 is 5.97 Å². The van der Waals surface area contributed by atoms with Crippen molar-refractivity contribution < 1.29 is 14.7 Å². The zero-order valence-corrected chi connectivity index (χ0v) is 6.93. The van der Waals surface area contributed by atoms with Crippen LogP contribution in [0.1, 0.15) is 15.9 Å². The van der Waals surface area contributed by atoms with Crippen molar-refractivity contribution in [1.29, 1.82) is 0 Å². The number of rotatable bonds is 4. The van der Waals surface area contributed by atoms with E-state index in [1.165, 1.54) is 12.1 Å². The number of carbonyl (C=O) groups is 1. The minimum atomic E-state index is -0.951. The molecule has 0 saturated heterocycles. The van der Waals surface area contributed by atoms with Crippen LogP contribution in [0, 0.1) is 0 Å². The smallest absolute Gasteiger partial charge is 0.335 e. The molecule has 1 rings (SSSR count). The highest BCUT2D eigenvalue weighted by molar-refractivity contribution is 5.87. The number of benzene rings is 1. The fraction of sp³-hybridized carbons (Fsp3) is 0.111. The quantitative estimate of drug-likeness (QED) is 0.563. The van der Waals surface area contributed by atoms with E-state index in [1.807, 2.05) is 0 Å². The predicted octanol–water partition coefficient (Wildman–Crippen LogP) is 1.52. The van der Waals surface area contributed by atoms with Gasteiger partial charge in [0.1, 0.15) is 6.61 Å². The van der Waals surface area contributed by atoms with Crippen molar-refractivity contribution in [3.63, 3.8) is 0 Å². The molecule has 68 valence electrons. The molecule has 0 radical (unpaired) electrons. The Labute approximate surface area is 75.4 Å². The molecule has 1 aromatic carbocycles. The fourth-order valence-corrected chi connectivity index (χ4v) is 0.914. The number of carboxylic acid groups (broad SMARTS) is 1. The van der Waals surface area contributed by atoms with Gasteiger partial charge in [0.2, 0.25) is 0 Å². The number of nitrogens with zero attached hydrogens (tertiary/aromatic N) is 1. The van der Waals surface area contributed by atoms with Crippen molar-refractivity contribution in [3.8, 4) is 0 Å². The Balaban J connectivity index is 2.79. The molecule has 0 fully saturated rings. The second kappa shape index (κ2) is 4.25. The van der Waals surface area contributed by atoms with Crippen LogP contribution < -0.4 is 0 Å². The van der Waals surface area contributed by atoms with E-state index in [0.717, 1.165) is 5.56 Å². The molecule has 0 amide bonds. The molecule has 1 aromatic rings. The number of hydrogen-bond donors (Lipinski definition) is 1. The third-order valence-corrected chi connectivity index (χ3v) is 1.50. The van der Waals surface area contributed by atoms with Crippen molar-refractivity contribution in [1.82, 2.24) is 0 Å². The zero-order valence-electron chi connectivity index (χ0n) is 6.93. The second-order valence-electron chi connectivity index (χ2n) is 2.41. The van der Waals surface area contributed by atoms with Gasteiger partial charge in [-0.3, -0.25) is 0 Å². The van der Waals surface area contributed by atoms with Crippen LogP contribution in [0.15, 0.2) is 29.4 Å². The van der Waals surface area contributed by atoms with E-state index in [4.69, 9.17) is 5.11 Å². The summed E-state index contributed by atoms with van der Waals surface area (Å²) in [5.74, 6) is -0.951. The average Bonchev–Trinajstić information content (AvgIpc) is 2.15. The Morgan fingerprint density at radius 2 is 2.38 bits per heavy atom. The fourth-order valence-electron chi connectivity index (χ4n) is 0.914. The largest absolute Gasteiger partial charge is 0.478 e. The van der Waals surface area contributed by atoms with Gasteiger partial charge in [-0.25, -0.2) is 4.79 Å². The van der Waals surface area contributed by atoms with Crippen molar-refractivity contribution >= 4 is 12.7 Å². The van der Waals surface area contributed by atoms with Crippen LogP contribution in [0.5, 0.6) is 0 Å². The van der Waals surface area contributed by atoms with Crippen LogP contribution >= 0.6 is 0 Å². The van der Waals surface area contributed by atoms with Gasteiger partial charge < -0.3 is 9.94 Å². The summed E-state index contributed by atoms with van der Waals surface area (Å²) in [6, 6.07) is 6.48. The molecule has 0 saturated carbocycles. The van der Waals surface area contributed by atoms with Crippen molar-refractivity contribution in [3.05, 3.63) is 35.4 Å². The van der Waals surface area contributed by atoms with E-state index in [2.05, 4.69) is 16.7 Å². The molecule has 0 aromatic heterocycles. The van der Waals surface area contributed by atoms with Crippen LogP contribution in [0.4, 0.5) is 0 Å². The van der Waals surface area contributed by atoms with Gasteiger partial charge >= 0.3 is 5.97 Å². The van der Waals surface area contributed by atoms with Crippen LogP contribution in [-0.2, 0) is 11.4 Å². The lowest BCUT2D eigenvalue weighted by atomic mass is 10.1. The molecule has 1 N–H and O–H groups in total. The third kappa shape index (κ3) is 2.59. The number of oxime groups is 1. The van der Waals surface area contributed by atoms with Gasteiger partial charge in [-0.1, -0.05) is 12.1 Å². The lowest BCUT2D eigenvalue weighted by Gasteiger charge is -2.00. The molecular weight excluding hydrogens is 170 g/mol. The van der Waals surface area contributed by atoms with Crippen LogP contribution in [0.3, 0.4) is 0 Å². The van der Waals surface area contributed by atoms with E-state index in [1.54, 1.807) is 12.1 Å². The Kier molecular flexibility index (Phi) is 3.03. The molecule has 13 heavy (non-hydrogen) atoms. The monoisotopic (exact) mass is 179 g/mol. The minimum absolute atomic E-state index is 0.241. The molecule has 0 aliphatic heterocycles. The second-order valence-corrected chi connectivity index (χ2v) is 2.41. The SMILES string of the molecule is C=NOCc1cccc(C(=O)O)c1. The first-order chi connectivity index (χ1) is 6.24. The summed E-state index contributed by atoms with van der Waals surface area (Å²) >= 11 is 0. The van der Waals surface area contributed by atoms with E-state index in [-0.39, 0.29) is 12.2 Å². The maximum absolute atomic E-state index is 10.6. The summed E-state index contributed by atoms with van der Waals surface area (Å²) < 4.78 is 0. The van der Waals surface area contributed by atoms with Crippen molar-refractivity contribution in [2.75, 3.05) is 0 Å². The molecule has 0 heterocycles. The van der Waals surface area contributed by atoms with Gasteiger partial charge in [0.05, 0.1) is 5.56 Å². The highest BCUT2D eigenvalue weighted by Gasteiger charge is 2.02. The lowest BCUT2D eigenvalue weighted by molar-refractivity contribution is 0.0696. The molecule has 0 spiro atoms. The topological polar surface area (TPSA) is 58.9 Å². The van der Waals surface area contributed by atoms with Crippen LogP contribution in [-0.4, -0.2) is 17.8 Å². The van der Waals surface area contributed by atoms with Crippen LogP contribution in [0.2, 0.25) is 0 Å². The summed E-state index contributed by atoms with van der Waals surface area (Å²) in [5.41, 5.74) is 0.998. The van der Waals surface area contributed by atoms with E-state index in [9.17, 15) is 4.79 Å². The molecule has 4 heteroatoms. The van der Waals surface area contributed by atoms with Gasteiger partial charge in [-0.15, -0.1) is 5.16 Å². The molecule has 0 aliphatic carbocycles. The van der Waals surface area contributed by atoms with Gasteiger partial charge in [0, 0.05) is 6.72 Å². The van der Waals surface area contributed by atoms with Gasteiger partial charge in [0.15, 0.2) is 0 Å². The lowest BCUT2D eigenvalue weighted by Crippen LogP contribution is -1.97. The Hall–Kier alpha value is -1.84. The van der Waals surface area contributed by atoms with Crippen LogP contribution in [0.25, 0.3) is 0 Å². The van der Waals surface area contributed by atoms with Gasteiger partial charge in [-0.2, -0.15) is 0 Å². The Morgan fingerprint density at radius 3 is 3.00 bits per heavy atom. The maximum Gasteiger partial charge on any atom is 0.335 e. The van der Waals surface area contributed by atoms with Gasteiger partial charge in [-0.05, 0) is 17.7 Å². The molecule has 0 bridgehead atoms. The summed E-state index contributed by atoms with van der Waals surface area (Å²) in [5, 5.41) is 11.9. The normalized spacial score (nSPS) is 9.23. The molecule has 0 unspecified atom stereocenters. The number of carboxylic acids is 1. The van der Waals surface area contributed by atoms with Gasteiger partial charge in [0.25, 0.3) is 0 Å². The highest BCUT2D eigenvalue weighted by atomic mass is 16.6. The van der Waals surface area contributed by atoms with E-state index in [0.29, 0.717) is 0 Å². The summed E-state index contributed by atoms with van der Waals surface area (Å²) in [7, 11) is 0. The average molecular weight is 179 g/mol. The summed E-state index contributed by atoms with van der Waals surface area (Å²) in [6.45, 7) is 3.39. The molecule has 4 nitrogen and oxygen atoms in total. The van der Waals surface area contributed by atoms with Crippen molar-refractivity contribution in [2.45, 2.75) is 6.61 Å². The Morgan fingerprint density at radius 1 is 1.62 bits per heavy atom. The third-order valence-electron chi connectivity index (χ3n) is 1.50. The molecule has 0 aliphatic rings. The number of hydrogen-bond acceptors (Lipinski definition) is 3. The maximum atomic E-state index is 10.6. The standard InChI is InChI=1S/C9H9NO3/c1-10-13-6-7-3-2-4-8(5-7)9(11)12/h2-5H,1,6H2,(H,11,12). The summed E-state index contributed by atoms with van der Waals surface area (Å²) in [6.07, 6.45) is 0. The molecule has 0 atom stereocenters. The van der Waals surface area contributed by atoms with Crippen molar-refractivity contribution in [2.24, 2.45) is 5.16 Å². The first kappa shape index (κ1) is 9.25. The van der Waals surface area contributed by atoms with E-state index >= 15 is 0 Å². The first-order valence-electron chi connectivity index (χ1n) is 3.64. The highest BCUT2D eigenvalue weighted by Crippen LogP contribution is 2.06. The Bertz CT molecular complexity index is 322. The first-order valence-corrected chi connectivity index (χ1v) is 3.64. The minimum Gasteiger partial charge on any atom is -0.478 e.